The fourth-order valence-corrected chi connectivity index (χ4v) is 5.16. The van der Waals surface area contributed by atoms with E-state index in [0.29, 0.717) is 28.4 Å². The number of hydrogen-bond acceptors (Lipinski definition) is 10. The van der Waals surface area contributed by atoms with Crippen molar-refractivity contribution in [2.75, 3.05) is 58.1 Å². The van der Waals surface area contributed by atoms with Crippen molar-refractivity contribution in [2.45, 2.75) is 38.6 Å². The molecule has 6 N–H and O–H groups in total. The molecule has 0 saturated carbocycles. The second-order valence-electron chi connectivity index (χ2n) is 9.18. The highest BCUT2D eigenvalue weighted by Gasteiger charge is 2.13. The van der Waals surface area contributed by atoms with Gasteiger partial charge in [0.15, 0.2) is 5.16 Å². The third-order valence-electron chi connectivity index (χ3n) is 6.65. The average Bonchev–Trinajstić information content (AvgIpc) is 2.97. The van der Waals surface area contributed by atoms with E-state index in [1.54, 1.807) is 11.8 Å². The van der Waals surface area contributed by atoms with Gasteiger partial charge in [-0.1, -0.05) is 42.1 Å². The molecule has 1 heterocycles. The van der Waals surface area contributed by atoms with Crippen molar-refractivity contribution in [3.05, 3.63) is 72.3 Å². The van der Waals surface area contributed by atoms with Crippen LogP contribution in [0.2, 0.25) is 0 Å². The summed E-state index contributed by atoms with van der Waals surface area (Å²) < 4.78 is 0. The van der Waals surface area contributed by atoms with E-state index in [9.17, 15) is 0 Å². The molecule has 4 rings (SSSR count). The van der Waals surface area contributed by atoms with Gasteiger partial charge < -0.3 is 31.9 Å². The van der Waals surface area contributed by atoms with E-state index in [-0.39, 0.29) is 0 Å². The number of thioether (sulfide) groups is 1. The van der Waals surface area contributed by atoms with Crippen LogP contribution >= 0.6 is 11.8 Å². The molecule has 1 aromatic heterocycles. The molecule has 0 radical (unpaired) electrons. The fraction of sp³-hybridized carbons (Fsp3) is 0.300. The van der Waals surface area contributed by atoms with Gasteiger partial charge in [0, 0.05) is 43.3 Å². The van der Waals surface area contributed by atoms with Gasteiger partial charge in [-0.3, -0.25) is 0 Å². The highest BCUT2D eigenvalue weighted by Crippen LogP contribution is 2.31. The van der Waals surface area contributed by atoms with Crippen LogP contribution in [0.1, 0.15) is 33.3 Å². The van der Waals surface area contributed by atoms with Gasteiger partial charge in [-0.25, -0.2) is 0 Å². The van der Waals surface area contributed by atoms with Crippen molar-refractivity contribution in [1.82, 2.24) is 15.0 Å². The molecule has 0 bridgehead atoms. The zero-order valence-corrected chi connectivity index (χ0v) is 24.5. The molecule has 0 aliphatic rings. The monoisotopic (exact) mass is 557 g/mol. The third kappa shape index (κ3) is 7.26. The van der Waals surface area contributed by atoms with E-state index >= 15 is 0 Å². The molecule has 4 aromatic rings. The van der Waals surface area contributed by atoms with Crippen LogP contribution in [0.25, 0.3) is 0 Å². The molecule has 210 valence electrons. The summed E-state index contributed by atoms with van der Waals surface area (Å²) in [7, 11) is 0. The molecule has 0 aliphatic heterocycles. The fourth-order valence-electron chi connectivity index (χ4n) is 4.37. The van der Waals surface area contributed by atoms with Crippen LogP contribution in [0.3, 0.4) is 0 Å². The quantitative estimate of drug-likeness (QED) is 0.107. The average molecular weight is 558 g/mol. The molecule has 0 fully saturated rings. The minimum Gasteiger partial charge on any atom is -0.397 e. The summed E-state index contributed by atoms with van der Waals surface area (Å²) >= 11 is 1.54. The number of anilines is 8. The zero-order chi connectivity index (χ0) is 28.5. The summed E-state index contributed by atoms with van der Waals surface area (Å²) in [6.07, 6.45) is 0. The lowest BCUT2D eigenvalue weighted by molar-refractivity contribution is 0.866. The van der Waals surface area contributed by atoms with Gasteiger partial charge in [0.05, 0.1) is 22.7 Å². The summed E-state index contributed by atoms with van der Waals surface area (Å²) in [6, 6.07) is 22.2. The maximum Gasteiger partial charge on any atom is 0.233 e. The van der Waals surface area contributed by atoms with Crippen LogP contribution in [0.4, 0.5) is 46.0 Å². The molecule has 0 unspecified atom stereocenters. The smallest absolute Gasteiger partial charge is 0.233 e. The Bertz CT molecular complexity index is 1310. The Morgan fingerprint density at radius 1 is 0.650 bits per heavy atom. The number of rotatable bonds is 13. The first-order chi connectivity index (χ1) is 19.4. The highest BCUT2D eigenvalue weighted by atomic mass is 32.2. The molecule has 0 atom stereocenters. The molecule has 0 amide bonds. The predicted molar refractivity (Wildman–Crippen MR) is 171 cm³/mol. The maximum absolute atomic E-state index is 6.35. The van der Waals surface area contributed by atoms with Gasteiger partial charge in [-0.2, -0.15) is 15.0 Å². The summed E-state index contributed by atoms with van der Waals surface area (Å²) in [4.78, 5) is 18.7. The molecule has 3 aromatic carbocycles. The minimum absolute atomic E-state index is 0.398. The van der Waals surface area contributed by atoms with Crippen LogP contribution < -0.4 is 31.9 Å². The van der Waals surface area contributed by atoms with E-state index in [4.69, 9.17) is 26.4 Å². The molecule has 40 heavy (non-hydrogen) atoms. The Morgan fingerprint density at radius 3 is 1.57 bits per heavy atom. The van der Waals surface area contributed by atoms with Gasteiger partial charge in [-0.05, 0) is 69.7 Å². The van der Waals surface area contributed by atoms with Crippen molar-refractivity contribution in [2.24, 2.45) is 0 Å². The number of nitrogen functional groups attached to an aromatic ring is 2. The number of benzene rings is 3. The van der Waals surface area contributed by atoms with Gasteiger partial charge >= 0.3 is 0 Å². The van der Waals surface area contributed by atoms with Crippen molar-refractivity contribution in [1.29, 1.82) is 0 Å². The second-order valence-corrected chi connectivity index (χ2v) is 10.1. The lowest BCUT2D eigenvalue weighted by Gasteiger charge is -2.22. The molecule has 0 aliphatic carbocycles. The molecule has 0 saturated heterocycles. The van der Waals surface area contributed by atoms with Crippen LogP contribution in [-0.2, 0) is 5.75 Å². The molecule has 0 spiro atoms. The predicted octanol–water partition coefficient (Wildman–Crippen LogP) is 6.51. The standard InChI is InChI=1S/C30H39N9S/c1-5-38(6-2)22-14-16-24(31)26(18-22)33-28-35-29(37-30(36-28)40-20-21-12-10-9-11-13-21)34-27-19-23(15-17-25(27)32)39(7-3)8-4/h9-19H,5-8,20,31-32H2,1-4H3,(H2,33,34,35,36,37). The lowest BCUT2D eigenvalue weighted by atomic mass is 10.2. The largest absolute Gasteiger partial charge is 0.397 e. The Balaban J connectivity index is 1.68. The van der Waals surface area contributed by atoms with Gasteiger partial charge in [0.2, 0.25) is 11.9 Å². The SMILES string of the molecule is CCN(CC)c1ccc(N)c(Nc2nc(Nc3cc(N(CC)CC)ccc3N)nc(SCc3ccccc3)n2)c1. The lowest BCUT2D eigenvalue weighted by Crippen LogP contribution is -2.22. The van der Waals surface area contributed by atoms with Gasteiger partial charge in [0.1, 0.15) is 0 Å². The van der Waals surface area contributed by atoms with Crippen molar-refractivity contribution in [3.8, 4) is 0 Å². The second kappa shape index (κ2) is 13.7. The topological polar surface area (TPSA) is 121 Å². The molecular weight excluding hydrogens is 518 g/mol. The third-order valence-corrected chi connectivity index (χ3v) is 7.57. The Labute approximate surface area is 241 Å². The number of nitrogens with two attached hydrogens (primary N) is 2. The normalized spacial score (nSPS) is 10.8. The summed E-state index contributed by atoms with van der Waals surface area (Å²) in [5, 5.41) is 7.26. The number of nitrogens with zero attached hydrogens (tertiary/aromatic N) is 5. The number of aromatic nitrogens is 3. The summed E-state index contributed by atoms with van der Waals surface area (Å²) in [6.45, 7) is 12.1. The van der Waals surface area contributed by atoms with Crippen LogP contribution in [0, 0.1) is 0 Å². The Morgan fingerprint density at radius 2 is 1.12 bits per heavy atom. The van der Waals surface area contributed by atoms with Gasteiger partial charge in [0.25, 0.3) is 0 Å². The summed E-state index contributed by atoms with van der Waals surface area (Å²) in [5.41, 5.74) is 18.7. The van der Waals surface area contributed by atoms with Gasteiger partial charge in [-0.15, -0.1) is 0 Å². The van der Waals surface area contributed by atoms with E-state index in [0.717, 1.165) is 54.7 Å². The van der Waals surface area contributed by atoms with E-state index in [2.05, 4.69) is 60.3 Å². The molecule has 10 heteroatoms. The van der Waals surface area contributed by atoms with Crippen LogP contribution in [-0.4, -0.2) is 41.1 Å². The molecular formula is C30H39N9S. The molecule has 9 nitrogen and oxygen atoms in total. The highest BCUT2D eigenvalue weighted by molar-refractivity contribution is 7.98. The number of nitrogens with one attached hydrogen (secondary N) is 2. The van der Waals surface area contributed by atoms with Crippen molar-refractivity contribution < 1.29 is 0 Å². The van der Waals surface area contributed by atoms with Crippen LogP contribution in [0.5, 0.6) is 0 Å². The summed E-state index contributed by atoms with van der Waals surface area (Å²) in [5.74, 6) is 1.52. The first-order valence-electron chi connectivity index (χ1n) is 13.7. The minimum atomic E-state index is 0.398. The first kappa shape index (κ1) is 28.8. The maximum atomic E-state index is 6.35. The Kier molecular flexibility index (Phi) is 9.91. The number of hydrogen-bond donors (Lipinski definition) is 4. The van der Waals surface area contributed by atoms with Crippen molar-refractivity contribution in [3.63, 3.8) is 0 Å². The van der Waals surface area contributed by atoms with Crippen LogP contribution in [0.15, 0.2) is 71.9 Å². The van der Waals surface area contributed by atoms with E-state index in [1.165, 1.54) is 5.56 Å². The van der Waals surface area contributed by atoms with E-state index in [1.807, 2.05) is 54.6 Å². The van der Waals surface area contributed by atoms with E-state index < -0.39 is 0 Å². The first-order valence-corrected chi connectivity index (χ1v) is 14.7. The Hall–Kier alpha value is -4.18. The zero-order valence-electron chi connectivity index (χ0n) is 23.7. The van der Waals surface area contributed by atoms with Crippen molar-refractivity contribution >= 4 is 57.8 Å².